The van der Waals surface area contributed by atoms with Crippen LogP contribution in [0.4, 0.5) is 21.0 Å². The first-order chi connectivity index (χ1) is 25.0. The van der Waals surface area contributed by atoms with Crippen LogP contribution in [0.25, 0.3) is 21.7 Å². The topological polar surface area (TPSA) is 134 Å². The molecule has 1 aromatic heterocycles. The second kappa shape index (κ2) is 15.8. The van der Waals surface area contributed by atoms with Gasteiger partial charge in [0.05, 0.1) is 5.69 Å². The van der Waals surface area contributed by atoms with Crippen LogP contribution >= 0.6 is 11.6 Å². The Balaban J connectivity index is 1.17. The molecular weight excluding hydrogens is 684 g/mol. The molecule has 0 saturated carbocycles. The predicted octanol–water partition coefficient (Wildman–Crippen LogP) is 6.53. The number of anilines is 2. The van der Waals surface area contributed by atoms with Crippen molar-refractivity contribution in [3.05, 3.63) is 95.7 Å². The summed E-state index contributed by atoms with van der Waals surface area (Å²) >= 11 is 6.50. The number of aromatic amines is 1. The lowest BCUT2D eigenvalue weighted by atomic mass is 9.95. The SMILES string of the molecule is CN(C)CCOc1ccc2[nH]c(C(=O)N3C[C@@H](CCl)c4c3cc(OC(=O)N(C)CCN(C)C(=O)OCc3ccc(N)cc3)c3ccccc43)cc2c1. The summed E-state index contributed by atoms with van der Waals surface area (Å²) in [5, 5.41) is 2.44. The zero-order valence-corrected chi connectivity index (χ0v) is 30.5. The van der Waals surface area contributed by atoms with Gasteiger partial charge in [-0.15, -0.1) is 11.6 Å². The molecule has 0 spiro atoms. The monoisotopic (exact) mass is 726 g/mol. The Morgan fingerprint density at radius 2 is 1.60 bits per heavy atom. The summed E-state index contributed by atoms with van der Waals surface area (Å²) in [5.41, 5.74) is 9.96. The third kappa shape index (κ3) is 8.03. The van der Waals surface area contributed by atoms with Gasteiger partial charge in [0.15, 0.2) is 0 Å². The minimum absolute atomic E-state index is 0.101. The zero-order valence-electron chi connectivity index (χ0n) is 29.7. The van der Waals surface area contributed by atoms with E-state index in [2.05, 4.69) is 4.98 Å². The Bertz CT molecular complexity index is 2080. The van der Waals surface area contributed by atoms with Crippen LogP contribution in [-0.4, -0.2) is 105 Å². The summed E-state index contributed by atoms with van der Waals surface area (Å²) in [5.74, 6) is 0.987. The Morgan fingerprint density at radius 3 is 2.31 bits per heavy atom. The van der Waals surface area contributed by atoms with E-state index in [0.29, 0.717) is 41.8 Å². The number of hydrogen-bond donors (Lipinski definition) is 2. The van der Waals surface area contributed by atoms with Crippen molar-refractivity contribution < 1.29 is 28.6 Å². The number of fused-ring (bicyclic) bond motifs is 4. The van der Waals surface area contributed by atoms with Crippen molar-refractivity contribution >= 4 is 62.7 Å². The number of H-pyrrole nitrogens is 1. The number of halogens is 1. The molecule has 2 heterocycles. The molecule has 0 saturated heterocycles. The number of nitrogens with zero attached hydrogens (tertiary/aromatic N) is 4. The molecule has 13 heteroatoms. The number of hydrogen-bond acceptors (Lipinski definition) is 8. The maximum atomic E-state index is 14.1. The summed E-state index contributed by atoms with van der Waals surface area (Å²) < 4.78 is 17.3. The first kappa shape index (κ1) is 36.3. The number of rotatable bonds is 12. The molecule has 3 amide bonds. The van der Waals surface area contributed by atoms with E-state index in [1.165, 1.54) is 9.80 Å². The third-order valence-corrected chi connectivity index (χ3v) is 9.50. The van der Waals surface area contributed by atoms with Crippen molar-refractivity contribution in [2.24, 2.45) is 0 Å². The van der Waals surface area contributed by atoms with Gasteiger partial charge < -0.3 is 44.5 Å². The van der Waals surface area contributed by atoms with Crippen LogP contribution < -0.4 is 20.1 Å². The van der Waals surface area contributed by atoms with E-state index >= 15 is 0 Å². The van der Waals surface area contributed by atoms with Crippen LogP contribution in [0.1, 0.15) is 27.5 Å². The van der Waals surface area contributed by atoms with Crippen molar-refractivity contribution in [3.8, 4) is 11.5 Å². The number of benzene rings is 4. The summed E-state index contributed by atoms with van der Waals surface area (Å²) in [7, 11) is 7.18. The van der Waals surface area contributed by atoms with Crippen LogP contribution in [-0.2, 0) is 11.3 Å². The number of carbonyl (C=O) groups is 3. The largest absolute Gasteiger partial charge is 0.492 e. The molecule has 12 nitrogen and oxygen atoms in total. The predicted molar refractivity (Wildman–Crippen MR) is 204 cm³/mol. The fourth-order valence-electron chi connectivity index (χ4n) is 6.15. The number of likely N-dealkylation sites (N-methyl/N-ethyl adjacent to an activating group) is 3. The summed E-state index contributed by atoms with van der Waals surface area (Å²) in [6.07, 6.45) is -1.14. The number of nitrogens with one attached hydrogen (secondary N) is 1. The lowest BCUT2D eigenvalue weighted by molar-refractivity contribution is 0.0982. The van der Waals surface area contributed by atoms with Gasteiger partial charge in [-0.1, -0.05) is 36.4 Å². The highest BCUT2D eigenvalue weighted by atomic mass is 35.5. The normalized spacial score (nSPS) is 13.7. The van der Waals surface area contributed by atoms with Gasteiger partial charge in [0.2, 0.25) is 0 Å². The van der Waals surface area contributed by atoms with Gasteiger partial charge in [0, 0.05) is 80.1 Å². The number of alkyl halides is 1. The summed E-state index contributed by atoms with van der Waals surface area (Å²) in [6, 6.07) is 24.0. The van der Waals surface area contributed by atoms with Crippen LogP contribution in [0.5, 0.6) is 11.5 Å². The molecule has 0 unspecified atom stereocenters. The average molecular weight is 727 g/mol. The zero-order chi connectivity index (χ0) is 36.9. The van der Waals surface area contributed by atoms with Crippen LogP contribution in [0.15, 0.2) is 78.9 Å². The highest BCUT2D eigenvalue weighted by Crippen LogP contribution is 2.46. The highest BCUT2D eigenvalue weighted by molar-refractivity contribution is 6.19. The first-order valence-corrected chi connectivity index (χ1v) is 17.5. The molecular formula is C39H43ClN6O6. The van der Waals surface area contributed by atoms with Crippen LogP contribution in [0.3, 0.4) is 0 Å². The molecule has 6 rings (SSSR count). The fraction of sp³-hybridized carbons (Fsp3) is 0.308. The van der Waals surface area contributed by atoms with Crippen LogP contribution in [0, 0.1) is 0 Å². The minimum atomic E-state index is -0.613. The van der Waals surface area contributed by atoms with E-state index in [1.807, 2.05) is 67.5 Å². The van der Waals surface area contributed by atoms with E-state index in [4.69, 9.17) is 31.5 Å². The van der Waals surface area contributed by atoms with Gasteiger partial charge in [-0.05, 0) is 67.0 Å². The summed E-state index contributed by atoms with van der Waals surface area (Å²) in [4.78, 5) is 49.9. The second-order valence-corrected chi connectivity index (χ2v) is 13.5. The molecule has 0 radical (unpaired) electrons. The molecule has 1 aliphatic rings. The second-order valence-electron chi connectivity index (χ2n) is 13.2. The molecule has 1 atom stereocenters. The lowest BCUT2D eigenvalue weighted by Crippen LogP contribution is -2.38. The molecule has 272 valence electrons. The lowest BCUT2D eigenvalue weighted by Gasteiger charge is -2.23. The van der Waals surface area contributed by atoms with E-state index in [-0.39, 0.29) is 31.5 Å². The number of nitrogens with two attached hydrogens (primary N) is 1. The smallest absolute Gasteiger partial charge is 0.415 e. The van der Waals surface area contributed by atoms with Crippen molar-refractivity contribution in [3.63, 3.8) is 0 Å². The molecule has 1 aliphatic heterocycles. The number of ether oxygens (including phenoxy) is 3. The van der Waals surface area contributed by atoms with E-state index in [0.717, 1.165) is 45.1 Å². The highest BCUT2D eigenvalue weighted by Gasteiger charge is 2.36. The summed E-state index contributed by atoms with van der Waals surface area (Å²) in [6.45, 7) is 2.21. The van der Waals surface area contributed by atoms with Gasteiger partial charge >= 0.3 is 12.2 Å². The standard InChI is InChI=1S/C39H43ClN6O6/c1-43(2)17-18-50-29-13-14-32-26(19-29)20-33(42-32)37(47)46-23-27(22-40)36-31-8-6-5-7-30(31)35(21-34(36)46)52-39(49)45(4)16-15-44(3)38(48)51-24-25-9-11-28(41)12-10-25/h5-14,19-21,27,42H,15-18,22-24,41H2,1-4H3/t27-/m1/s1. The van der Waals surface area contributed by atoms with Gasteiger partial charge in [-0.2, -0.15) is 0 Å². The Morgan fingerprint density at radius 1 is 0.885 bits per heavy atom. The quantitative estimate of drug-likeness (QED) is 0.110. The third-order valence-electron chi connectivity index (χ3n) is 9.12. The van der Waals surface area contributed by atoms with E-state index in [1.54, 1.807) is 49.3 Å². The Kier molecular flexibility index (Phi) is 11.1. The number of amides is 3. The molecule has 3 N–H and O–H groups in total. The number of aromatic nitrogens is 1. The molecule has 0 aliphatic carbocycles. The molecule has 0 bridgehead atoms. The van der Waals surface area contributed by atoms with Crippen molar-refractivity contribution in [2.45, 2.75) is 12.5 Å². The van der Waals surface area contributed by atoms with Crippen molar-refractivity contribution in [1.82, 2.24) is 19.7 Å². The Labute approximate surface area is 307 Å². The van der Waals surface area contributed by atoms with Gasteiger partial charge in [-0.25, -0.2) is 9.59 Å². The van der Waals surface area contributed by atoms with Crippen molar-refractivity contribution in [1.29, 1.82) is 0 Å². The molecule has 5 aromatic rings. The maximum absolute atomic E-state index is 14.1. The first-order valence-electron chi connectivity index (χ1n) is 17.0. The fourth-order valence-corrected chi connectivity index (χ4v) is 6.40. The molecule has 4 aromatic carbocycles. The number of carbonyl (C=O) groups excluding carboxylic acids is 3. The maximum Gasteiger partial charge on any atom is 0.415 e. The van der Waals surface area contributed by atoms with Gasteiger partial charge in [-0.3, -0.25) is 4.79 Å². The number of nitrogen functional groups attached to an aromatic ring is 1. The van der Waals surface area contributed by atoms with Crippen molar-refractivity contribution in [2.75, 3.05) is 77.5 Å². The Hall–Kier alpha value is -5.46. The average Bonchev–Trinajstić information content (AvgIpc) is 3.74. The molecule has 52 heavy (non-hydrogen) atoms. The van der Waals surface area contributed by atoms with Gasteiger partial charge in [0.25, 0.3) is 5.91 Å². The van der Waals surface area contributed by atoms with Gasteiger partial charge in [0.1, 0.15) is 30.4 Å². The minimum Gasteiger partial charge on any atom is -0.492 e. The van der Waals surface area contributed by atoms with E-state index < -0.39 is 12.2 Å². The van der Waals surface area contributed by atoms with Crippen LogP contribution in [0.2, 0.25) is 0 Å². The molecule has 0 fully saturated rings. The van der Waals surface area contributed by atoms with E-state index in [9.17, 15) is 14.4 Å².